The summed E-state index contributed by atoms with van der Waals surface area (Å²) in [5, 5.41) is 18.8. The van der Waals surface area contributed by atoms with Crippen LogP contribution < -0.4 is 0 Å². The number of aliphatic carboxylic acids is 1. The molecule has 1 aromatic rings. The monoisotopic (exact) mass is 286 g/mol. The number of aromatic hydroxyl groups is 1. The number of carbonyl (C=O) groups is 1. The molecule has 0 saturated carbocycles. The Bertz CT molecular complexity index is 427. The smallest absolute Gasteiger partial charge is 0.306 e. The average molecular weight is 287 g/mol. The molecule has 0 aliphatic rings. The maximum absolute atomic E-state index is 10.8. The fraction of sp³-hybridized carbons (Fsp3) is 0.417. The van der Waals surface area contributed by atoms with Crippen LogP contribution in [0.3, 0.4) is 0 Å². The largest absolute Gasteiger partial charge is 0.506 e. The van der Waals surface area contributed by atoms with Crippen LogP contribution in [-0.2, 0) is 11.2 Å². The van der Waals surface area contributed by atoms with Gasteiger partial charge in [0.05, 0.1) is 10.4 Å². The summed E-state index contributed by atoms with van der Waals surface area (Å²) in [6.45, 7) is 5.40. The molecule has 1 atom stereocenters. The molecule has 0 aliphatic heterocycles. The molecular weight excluding hydrogens is 272 g/mol. The van der Waals surface area contributed by atoms with Gasteiger partial charge in [0, 0.05) is 0 Å². The van der Waals surface area contributed by atoms with Crippen LogP contribution in [0.2, 0.25) is 0 Å². The number of phenolic OH excluding ortho intramolecular Hbond substituents is 1. The van der Waals surface area contributed by atoms with E-state index in [0.717, 1.165) is 11.1 Å². The van der Waals surface area contributed by atoms with Crippen LogP contribution in [0, 0.1) is 19.8 Å². The van der Waals surface area contributed by atoms with Gasteiger partial charge < -0.3 is 10.2 Å². The SMILES string of the molecule is Cc1cc(C)c(CC(C)C(=O)O)c(O)c1Br. The number of phenols is 1. The number of rotatable bonds is 3. The predicted molar refractivity (Wildman–Crippen MR) is 65.8 cm³/mol. The van der Waals surface area contributed by atoms with Crippen molar-refractivity contribution >= 4 is 21.9 Å². The Kier molecular flexibility index (Phi) is 3.97. The van der Waals surface area contributed by atoms with Crippen LogP contribution in [0.1, 0.15) is 23.6 Å². The molecule has 0 aromatic heterocycles. The minimum atomic E-state index is -0.851. The summed E-state index contributed by atoms with van der Waals surface area (Å²) in [6.07, 6.45) is 0.339. The summed E-state index contributed by atoms with van der Waals surface area (Å²) in [6, 6.07) is 1.94. The van der Waals surface area contributed by atoms with E-state index in [2.05, 4.69) is 15.9 Å². The number of halogens is 1. The van der Waals surface area contributed by atoms with E-state index in [0.29, 0.717) is 16.5 Å². The summed E-state index contributed by atoms with van der Waals surface area (Å²) in [4.78, 5) is 10.8. The van der Waals surface area contributed by atoms with Gasteiger partial charge in [0.25, 0.3) is 0 Å². The van der Waals surface area contributed by atoms with Crippen LogP contribution in [-0.4, -0.2) is 16.2 Å². The lowest BCUT2D eigenvalue weighted by molar-refractivity contribution is -0.141. The van der Waals surface area contributed by atoms with Gasteiger partial charge in [-0.3, -0.25) is 4.79 Å². The van der Waals surface area contributed by atoms with E-state index in [1.807, 2.05) is 19.9 Å². The minimum absolute atomic E-state index is 0.158. The molecule has 16 heavy (non-hydrogen) atoms. The van der Waals surface area contributed by atoms with Crippen molar-refractivity contribution in [2.75, 3.05) is 0 Å². The third kappa shape index (κ3) is 2.55. The zero-order valence-corrected chi connectivity index (χ0v) is 11.1. The number of aryl methyl sites for hydroxylation is 2. The Morgan fingerprint density at radius 1 is 1.44 bits per heavy atom. The first-order chi connectivity index (χ1) is 7.34. The Balaban J connectivity index is 3.14. The minimum Gasteiger partial charge on any atom is -0.506 e. The maximum atomic E-state index is 10.8. The van der Waals surface area contributed by atoms with Crippen molar-refractivity contribution in [1.82, 2.24) is 0 Å². The first kappa shape index (κ1) is 13.0. The van der Waals surface area contributed by atoms with E-state index >= 15 is 0 Å². The molecule has 0 spiro atoms. The topological polar surface area (TPSA) is 57.5 Å². The van der Waals surface area contributed by atoms with Gasteiger partial charge in [-0.05, 0) is 52.9 Å². The Morgan fingerprint density at radius 3 is 2.50 bits per heavy atom. The third-order valence-corrected chi connectivity index (χ3v) is 3.68. The van der Waals surface area contributed by atoms with Gasteiger partial charge in [-0.2, -0.15) is 0 Å². The van der Waals surface area contributed by atoms with Gasteiger partial charge in [0.1, 0.15) is 5.75 Å². The molecule has 2 N–H and O–H groups in total. The zero-order valence-electron chi connectivity index (χ0n) is 9.54. The van der Waals surface area contributed by atoms with E-state index in [1.165, 1.54) is 0 Å². The first-order valence-corrected chi connectivity index (χ1v) is 5.84. The number of carboxylic acids is 1. The van der Waals surface area contributed by atoms with Crippen molar-refractivity contribution in [2.24, 2.45) is 5.92 Å². The summed E-state index contributed by atoms with van der Waals surface area (Å²) in [5.74, 6) is -1.19. The Labute approximate surface area is 103 Å². The Hall–Kier alpha value is -1.03. The van der Waals surface area contributed by atoms with Crippen molar-refractivity contribution in [3.05, 3.63) is 27.2 Å². The highest BCUT2D eigenvalue weighted by Crippen LogP contribution is 2.34. The Morgan fingerprint density at radius 2 is 2.00 bits per heavy atom. The number of carboxylic acid groups (broad SMARTS) is 1. The maximum Gasteiger partial charge on any atom is 0.306 e. The van der Waals surface area contributed by atoms with Crippen LogP contribution in [0.25, 0.3) is 0 Å². The van der Waals surface area contributed by atoms with Crippen molar-refractivity contribution in [3.63, 3.8) is 0 Å². The van der Waals surface area contributed by atoms with E-state index < -0.39 is 11.9 Å². The van der Waals surface area contributed by atoms with E-state index in [4.69, 9.17) is 5.11 Å². The molecule has 4 heteroatoms. The van der Waals surface area contributed by atoms with E-state index in [-0.39, 0.29) is 5.75 Å². The highest BCUT2D eigenvalue weighted by atomic mass is 79.9. The van der Waals surface area contributed by atoms with E-state index in [1.54, 1.807) is 6.92 Å². The molecule has 1 unspecified atom stereocenters. The predicted octanol–water partition coefficient (Wildman–Crippen LogP) is 3.03. The van der Waals surface area contributed by atoms with Crippen LogP contribution in [0.4, 0.5) is 0 Å². The first-order valence-electron chi connectivity index (χ1n) is 5.05. The number of hydrogen-bond acceptors (Lipinski definition) is 2. The van der Waals surface area contributed by atoms with Gasteiger partial charge in [0.15, 0.2) is 0 Å². The summed E-state index contributed by atoms with van der Waals surface area (Å²) in [7, 11) is 0. The van der Waals surface area contributed by atoms with Crippen molar-refractivity contribution in [3.8, 4) is 5.75 Å². The normalized spacial score (nSPS) is 12.5. The fourth-order valence-corrected chi connectivity index (χ4v) is 1.99. The zero-order chi connectivity index (χ0) is 12.5. The molecule has 1 aromatic carbocycles. The van der Waals surface area contributed by atoms with Gasteiger partial charge in [-0.25, -0.2) is 0 Å². The molecular formula is C12H15BrO3. The fourth-order valence-electron chi connectivity index (χ4n) is 1.63. The number of hydrogen-bond donors (Lipinski definition) is 2. The molecule has 0 aliphatic carbocycles. The second-order valence-corrected chi connectivity index (χ2v) is 4.89. The van der Waals surface area contributed by atoms with E-state index in [9.17, 15) is 9.90 Å². The van der Waals surface area contributed by atoms with Gasteiger partial charge in [-0.1, -0.05) is 13.0 Å². The summed E-state index contributed by atoms with van der Waals surface area (Å²) in [5.41, 5.74) is 2.57. The highest BCUT2D eigenvalue weighted by Gasteiger charge is 2.18. The van der Waals surface area contributed by atoms with Crippen molar-refractivity contribution in [1.29, 1.82) is 0 Å². The number of benzene rings is 1. The van der Waals surface area contributed by atoms with Crippen molar-refractivity contribution in [2.45, 2.75) is 27.2 Å². The van der Waals surface area contributed by atoms with Gasteiger partial charge in [-0.15, -0.1) is 0 Å². The lowest BCUT2D eigenvalue weighted by Crippen LogP contribution is -2.13. The third-order valence-electron chi connectivity index (χ3n) is 2.68. The molecule has 0 fully saturated rings. The molecule has 1 rings (SSSR count). The van der Waals surface area contributed by atoms with Crippen molar-refractivity contribution < 1.29 is 15.0 Å². The second kappa shape index (κ2) is 4.87. The molecule has 0 bridgehead atoms. The molecule has 3 nitrogen and oxygen atoms in total. The van der Waals surface area contributed by atoms with Crippen LogP contribution >= 0.6 is 15.9 Å². The molecule has 0 radical (unpaired) electrons. The van der Waals surface area contributed by atoms with Gasteiger partial charge in [0.2, 0.25) is 0 Å². The van der Waals surface area contributed by atoms with Crippen LogP contribution in [0.5, 0.6) is 5.75 Å². The lowest BCUT2D eigenvalue weighted by Gasteiger charge is -2.14. The summed E-state index contributed by atoms with van der Waals surface area (Å²) >= 11 is 3.29. The lowest BCUT2D eigenvalue weighted by atomic mass is 9.95. The highest BCUT2D eigenvalue weighted by molar-refractivity contribution is 9.10. The quantitative estimate of drug-likeness (QED) is 0.898. The molecule has 0 amide bonds. The molecule has 0 heterocycles. The molecule has 0 saturated heterocycles. The summed E-state index contributed by atoms with van der Waals surface area (Å²) < 4.78 is 0.644. The molecule has 88 valence electrons. The standard InChI is InChI=1S/C12H15BrO3/c1-6-4-7(2)10(13)11(14)9(6)5-8(3)12(15)16/h4,8,14H,5H2,1-3H3,(H,15,16). The second-order valence-electron chi connectivity index (χ2n) is 4.09. The average Bonchev–Trinajstić information content (AvgIpc) is 2.20. The van der Waals surface area contributed by atoms with Gasteiger partial charge >= 0.3 is 5.97 Å². The van der Waals surface area contributed by atoms with Crippen LogP contribution in [0.15, 0.2) is 10.5 Å².